The molecule has 0 aliphatic carbocycles. The third-order valence-corrected chi connectivity index (χ3v) is 4.59. The molecule has 4 nitrogen and oxygen atoms in total. The van der Waals surface area contributed by atoms with Crippen LogP contribution >= 0.6 is 35.6 Å². The van der Waals surface area contributed by atoms with Gasteiger partial charge in [-0.05, 0) is 43.5 Å². The fourth-order valence-corrected chi connectivity index (χ4v) is 2.86. The highest BCUT2D eigenvalue weighted by molar-refractivity contribution is 14.0. The minimum atomic E-state index is 0. The molecule has 0 atom stereocenters. The first kappa shape index (κ1) is 20.5. The Morgan fingerprint density at radius 3 is 2.61 bits per heavy atom. The summed E-state index contributed by atoms with van der Waals surface area (Å²) in [5, 5.41) is 7.46. The van der Waals surface area contributed by atoms with E-state index in [1.165, 1.54) is 25.9 Å². The third-order valence-electron chi connectivity index (χ3n) is 4.22. The molecule has 1 aromatic rings. The molecule has 0 radical (unpaired) electrons. The lowest BCUT2D eigenvalue weighted by molar-refractivity contribution is 0.195. The topological polar surface area (TPSA) is 39.7 Å². The number of rotatable bonds is 5. The molecule has 0 aromatic heterocycles. The van der Waals surface area contributed by atoms with Gasteiger partial charge in [-0.1, -0.05) is 36.7 Å². The van der Waals surface area contributed by atoms with Gasteiger partial charge in [-0.25, -0.2) is 0 Å². The van der Waals surface area contributed by atoms with Crippen molar-refractivity contribution in [3.05, 3.63) is 34.9 Å². The van der Waals surface area contributed by atoms with Crippen LogP contribution in [0.2, 0.25) is 5.02 Å². The van der Waals surface area contributed by atoms with Crippen LogP contribution in [-0.2, 0) is 6.54 Å². The maximum Gasteiger partial charge on any atom is 0.191 e. The number of guanidine groups is 1. The van der Waals surface area contributed by atoms with Crippen molar-refractivity contribution >= 4 is 41.5 Å². The molecule has 0 bridgehead atoms. The van der Waals surface area contributed by atoms with Crippen LogP contribution < -0.4 is 10.6 Å². The van der Waals surface area contributed by atoms with Crippen molar-refractivity contribution in [2.24, 2.45) is 10.9 Å². The van der Waals surface area contributed by atoms with Crippen molar-refractivity contribution in [1.29, 1.82) is 0 Å². The zero-order valence-corrected chi connectivity index (χ0v) is 17.1. The van der Waals surface area contributed by atoms with Gasteiger partial charge in [-0.3, -0.25) is 4.99 Å². The first-order valence-electron chi connectivity index (χ1n) is 8.09. The van der Waals surface area contributed by atoms with Crippen LogP contribution in [0, 0.1) is 5.92 Å². The Hall–Kier alpha value is -0.530. The summed E-state index contributed by atoms with van der Waals surface area (Å²) in [6, 6.07) is 7.87. The van der Waals surface area contributed by atoms with Gasteiger partial charge in [0, 0.05) is 31.7 Å². The van der Waals surface area contributed by atoms with Crippen LogP contribution in [0.1, 0.15) is 25.3 Å². The van der Waals surface area contributed by atoms with Crippen LogP contribution in [0.15, 0.2) is 29.3 Å². The summed E-state index contributed by atoms with van der Waals surface area (Å²) in [6.45, 7) is 7.44. The van der Waals surface area contributed by atoms with Crippen LogP contribution in [0.25, 0.3) is 0 Å². The van der Waals surface area contributed by atoms with E-state index in [-0.39, 0.29) is 24.0 Å². The summed E-state index contributed by atoms with van der Waals surface area (Å²) in [6.07, 6.45) is 2.64. The van der Waals surface area contributed by atoms with E-state index < -0.39 is 0 Å². The summed E-state index contributed by atoms with van der Waals surface area (Å²) in [4.78, 5) is 6.78. The molecule has 1 aromatic carbocycles. The highest BCUT2D eigenvalue weighted by atomic mass is 127. The average Bonchev–Trinajstić information content (AvgIpc) is 2.54. The molecule has 0 spiro atoms. The highest BCUT2D eigenvalue weighted by Crippen LogP contribution is 2.15. The monoisotopic (exact) mass is 450 g/mol. The summed E-state index contributed by atoms with van der Waals surface area (Å²) in [5.41, 5.74) is 1.08. The number of benzene rings is 1. The minimum absolute atomic E-state index is 0. The van der Waals surface area contributed by atoms with E-state index in [1.54, 1.807) is 7.05 Å². The van der Waals surface area contributed by atoms with E-state index in [9.17, 15) is 0 Å². The van der Waals surface area contributed by atoms with Crippen LogP contribution in [0.4, 0.5) is 0 Å². The average molecular weight is 451 g/mol. The Balaban J connectivity index is 0.00000264. The molecule has 23 heavy (non-hydrogen) atoms. The van der Waals surface area contributed by atoms with Gasteiger partial charge >= 0.3 is 0 Å². The molecule has 1 heterocycles. The van der Waals surface area contributed by atoms with Crippen LogP contribution in [-0.4, -0.2) is 44.1 Å². The number of hydrogen-bond acceptors (Lipinski definition) is 2. The lowest BCUT2D eigenvalue weighted by Crippen LogP contribution is -2.43. The van der Waals surface area contributed by atoms with Gasteiger partial charge in [-0.2, -0.15) is 0 Å². The maximum absolute atomic E-state index is 6.16. The van der Waals surface area contributed by atoms with E-state index >= 15 is 0 Å². The van der Waals surface area contributed by atoms with E-state index in [4.69, 9.17) is 11.6 Å². The first-order valence-corrected chi connectivity index (χ1v) is 8.47. The minimum Gasteiger partial charge on any atom is -0.355 e. The van der Waals surface area contributed by atoms with Crippen molar-refractivity contribution in [2.45, 2.75) is 26.3 Å². The maximum atomic E-state index is 6.16. The fraction of sp³-hybridized carbons (Fsp3) is 0.588. The molecule has 2 rings (SSSR count). The summed E-state index contributed by atoms with van der Waals surface area (Å²) in [7, 11) is 1.80. The SMILES string of the molecule is CN=C(NCCN1CCC(C)CC1)NCc1ccccc1Cl.I. The first-order chi connectivity index (χ1) is 10.7. The summed E-state index contributed by atoms with van der Waals surface area (Å²) in [5.74, 6) is 1.71. The normalized spacial score (nSPS) is 16.7. The van der Waals surface area contributed by atoms with Crippen molar-refractivity contribution in [1.82, 2.24) is 15.5 Å². The van der Waals surface area contributed by atoms with E-state index in [1.807, 2.05) is 24.3 Å². The molecule has 0 amide bonds. The van der Waals surface area contributed by atoms with Crippen molar-refractivity contribution in [2.75, 3.05) is 33.2 Å². The quantitative estimate of drug-likeness (QED) is 0.410. The lowest BCUT2D eigenvalue weighted by atomic mass is 9.99. The zero-order chi connectivity index (χ0) is 15.8. The number of nitrogens with zero attached hydrogens (tertiary/aromatic N) is 2. The largest absolute Gasteiger partial charge is 0.355 e. The van der Waals surface area contributed by atoms with Crippen molar-refractivity contribution < 1.29 is 0 Å². The Labute approximate surface area is 162 Å². The third kappa shape index (κ3) is 7.27. The fourth-order valence-electron chi connectivity index (χ4n) is 2.66. The number of aliphatic imine (C=N–C) groups is 1. The second kappa shape index (κ2) is 11.1. The zero-order valence-electron chi connectivity index (χ0n) is 14.0. The molecule has 1 saturated heterocycles. The standard InChI is InChI=1S/C17H27ClN4.HI/c1-14-7-10-22(11-8-14)12-9-20-17(19-2)21-13-15-5-3-4-6-16(15)18;/h3-6,14H,7-13H2,1-2H3,(H2,19,20,21);1H. The second-order valence-electron chi connectivity index (χ2n) is 5.97. The number of halogens is 2. The lowest BCUT2D eigenvalue weighted by Gasteiger charge is -2.30. The molecule has 1 aliphatic heterocycles. The Morgan fingerprint density at radius 2 is 1.96 bits per heavy atom. The van der Waals surface area contributed by atoms with E-state index in [0.29, 0.717) is 6.54 Å². The van der Waals surface area contributed by atoms with E-state index in [0.717, 1.165) is 35.6 Å². The van der Waals surface area contributed by atoms with Crippen molar-refractivity contribution in [3.8, 4) is 0 Å². The van der Waals surface area contributed by atoms with Crippen LogP contribution in [0.5, 0.6) is 0 Å². The molecule has 2 N–H and O–H groups in total. The van der Waals surface area contributed by atoms with Gasteiger partial charge in [0.05, 0.1) is 0 Å². The highest BCUT2D eigenvalue weighted by Gasteiger charge is 2.14. The molecular formula is C17H28ClIN4. The Kier molecular flexibility index (Phi) is 9.90. The number of nitrogens with one attached hydrogen (secondary N) is 2. The molecule has 130 valence electrons. The molecule has 0 unspecified atom stereocenters. The molecule has 1 fully saturated rings. The molecule has 1 aliphatic rings. The predicted molar refractivity (Wildman–Crippen MR) is 110 cm³/mol. The van der Waals surface area contributed by atoms with E-state index in [2.05, 4.69) is 27.4 Å². The van der Waals surface area contributed by atoms with Gasteiger partial charge in [-0.15, -0.1) is 24.0 Å². The van der Waals surface area contributed by atoms with Gasteiger partial charge in [0.1, 0.15) is 0 Å². The summed E-state index contributed by atoms with van der Waals surface area (Å²) >= 11 is 6.16. The van der Waals surface area contributed by atoms with Gasteiger partial charge in [0.25, 0.3) is 0 Å². The number of piperidine rings is 1. The molecule has 0 saturated carbocycles. The summed E-state index contributed by atoms with van der Waals surface area (Å²) < 4.78 is 0. The Morgan fingerprint density at radius 1 is 1.26 bits per heavy atom. The van der Waals surface area contributed by atoms with Gasteiger partial charge in [0.2, 0.25) is 0 Å². The number of hydrogen-bond donors (Lipinski definition) is 2. The second-order valence-corrected chi connectivity index (χ2v) is 6.38. The van der Waals surface area contributed by atoms with Crippen molar-refractivity contribution in [3.63, 3.8) is 0 Å². The van der Waals surface area contributed by atoms with Gasteiger partial charge in [0.15, 0.2) is 5.96 Å². The number of likely N-dealkylation sites (tertiary alicyclic amines) is 1. The van der Waals surface area contributed by atoms with Crippen LogP contribution in [0.3, 0.4) is 0 Å². The Bertz CT molecular complexity index is 487. The molecule has 6 heteroatoms. The molecular weight excluding hydrogens is 423 g/mol. The predicted octanol–water partition coefficient (Wildman–Crippen LogP) is 3.35. The van der Waals surface area contributed by atoms with Gasteiger partial charge < -0.3 is 15.5 Å². The smallest absolute Gasteiger partial charge is 0.191 e.